The molecule has 9 nitrogen and oxygen atoms in total. The molecule has 2 heterocycles. The molecule has 0 spiro atoms. The lowest BCUT2D eigenvalue weighted by atomic mass is 10.1. The molecule has 2 aromatic carbocycles. The Morgan fingerprint density at radius 1 is 1.03 bits per heavy atom. The molecule has 0 bridgehead atoms. The number of furan rings is 1. The molecule has 0 saturated carbocycles. The van der Waals surface area contributed by atoms with E-state index in [4.69, 9.17) is 30.2 Å². The number of hydrogen-bond donors (Lipinski definition) is 0. The van der Waals surface area contributed by atoms with Crippen LogP contribution < -0.4 is 9.47 Å². The smallest absolute Gasteiger partial charge is 0.379 e. The van der Waals surface area contributed by atoms with E-state index >= 15 is 0 Å². The predicted molar refractivity (Wildman–Crippen MR) is 116 cm³/mol. The van der Waals surface area contributed by atoms with E-state index in [0.29, 0.717) is 16.1 Å². The second-order valence-corrected chi connectivity index (χ2v) is 7.35. The fraction of sp³-hybridized carbons (Fsp3) is 0.130. The molecular weight excluding hydrogens is 452 g/mol. The number of benzene rings is 2. The van der Waals surface area contributed by atoms with Crippen LogP contribution in [0.5, 0.6) is 11.5 Å². The molecule has 0 radical (unpaired) electrons. The van der Waals surface area contributed by atoms with Gasteiger partial charge in [0.25, 0.3) is 0 Å². The zero-order chi connectivity index (χ0) is 23.5. The van der Waals surface area contributed by atoms with E-state index in [1.165, 1.54) is 38.3 Å². The SMILES string of the molecule is CC(=O)Oc1ccc(Cl)cc1C1=NN(C(C)=O)C(c2ccc(OC(=O)c3ccco3)cc2)O1. The molecule has 1 aromatic heterocycles. The Hall–Kier alpha value is -4.11. The van der Waals surface area contributed by atoms with Crippen molar-refractivity contribution in [3.05, 3.63) is 82.8 Å². The van der Waals surface area contributed by atoms with Gasteiger partial charge in [-0.15, -0.1) is 5.10 Å². The van der Waals surface area contributed by atoms with Crippen LogP contribution in [0.1, 0.15) is 41.8 Å². The Bertz CT molecular complexity index is 1240. The number of carbonyl (C=O) groups excluding carboxylic acids is 3. The Morgan fingerprint density at radius 2 is 1.79 bits per heavy atom. The molecule has 3 aromatic rings. The summed E-state index contributed by atoms with van der Waals surface area (Å²) >= 11 is 6.10. The molecule has 0 aliphatic carbocycles. The van der Waals surface area contributed by atoms with Crippen LogP contribution in [-0.4, -0.2) is 28.8 Å². The normalized spacial score (nSPS) is 14.9. The summed E-state index contributed by atoms with van der Waals surface area (Å²) < 4.78 is 21.4. The fourth-order valence-corrected chi connectivity index (χ4v) is 3.23. The van der Waals surface area contributed by atoms with Gasteiger partial charge in [0, 0.05) is 24.4 Å². The van der Waals surface area contributed by atoms with Crippen LogP contribution in [0.15, 0.2) is 70.4 Å². The topological polar surface area (TPSA) is 108 Å². The van der Waals surface area contributed by atoms with Gasteiger partial charge in [-0.05, 0) is 54.6 Å². The highest BCUT2D eigenvalue weighted by Gasteiger charge is 2.34. The van der Waals surface area contributed by atoms with E-state index in [1.807, 2.05) is 0 Å². The van der Waals surface area contributed by atoms with Crippen molar-refractivity contribution in [3.63, 3.8) is 0 Å². The molecule has 0 fully saturated rings. The summed E-state index contributed by atoms with van der Waals surface area (Å²) in [4.78, 5) is 35.7. The summed E-state index contributed by atoms with van der Waals surface area (Å²) in [6.07, 6.45) is 0.481. The van der Waals surface area contributed by atoms with Crippen molar-refractivity contribution in [2.24, 2.45) is 5.10 Å². The highest BCUT2D eigenvalue weighted by Crippen LogP contribution is 2.34. The monoisotopic (exact) mass is 468 g/mol. The summed E-state index contributed by atoms with van der Waals surface area (Å²) in [6.45, 7) is 2.61. The Labute approximate surface area is 193 Å². The van der Waals surface area contributed by atoms with Crippen molar-refractivity contribution < 1.29 is 33.0 Å². The average molecular weight is 469 g/mol. The van der Waals surface area contributed by atoms with Crippen LogP contribution in [0.3, 0.4) is 0 Å². The molecule has 1 unspecified atom stereocenters. The molecule has 10 heteroatoms. The Morgan fingerprint density at radius 3 is 2.42 bits per heavy atom. The minimum atomic E-state index is -0.892. The van der Waals surface area contributed by atoms with Crippen molar-refractivity contribution in [2.75, 3.05) is 0 Å². The van der Waals surface area contributed by atoms with Crippen molar-refractivity contribution in [3.8, 4) is 11.5 Å². The number of rotatable bonds is 5. The maximum absolute atomic E-state index is 12.2. The molecule has 0 saturated heterocycles. The molecule has 1 aliphatic rings. The first-order valence-corrected chi connectivity index (χ1v) is 10.1. The highest BCUT2D eigenvalue weighted by molar-refractivity contribution is 6.31. The van der Waals surface area contributed by atoms with Crippen LogP contribution in [-0.2, 0) is 14.3 Å². The van der Waals surface area contributed by atoms with Crippen LogP contribution in [0, 0.1) is 0 Å². The first-order valence-electron chi connectivity index (χ1n) is 9.71. The van der Waals surface area contributed by atoms with Crippen LogP contribution in [0.2, 0.25) is 5.02 Å². The van der Waals surface area contributed by atoms with Gasteiger partial charge in [0.1, 0.15) is 11.5 Å². The van der Waals surface area contributed by atoms with Gasteiger partial charge in [0.05, 0.1) is 11.8 Å². The van der Waals surface area contributed by atoms with Crippen molar-refractivity contribution in [2.45, 2.75) is 20.1 Å². The summed E-state index contributed by atoms with van der Waals surface area (Å²) in [5.74, 6) is -0.946. The van der Waals surface area contributed by atoms with Gasteiger partial charge in [-0.25, -0.2) is 4.79 Å². The van der Waals surface area contributed by atoms with Gasteiger partial charge in [-0.2, -0.15) is 5.01 Å². The zero-order valence-electron chi connectivity index (χ0n) is 17.5. The van der Waals surface area contributed by atoms with Gasteiger partial charge in [0.15, 0.2) is 0 Å². The average Bonchev–Trinajstić information content (AvgIpc) is 3.46. The summed E-state index contributed by atoms with van der Waals surface area (Å²) in [6, 6.07) is 14.0. The lowest BCUT2D eigenvalue weighted by Gasteiger charge is -2.19. The van der Waals surface area contributed by atoms with Gasteiger partial charge < -0.3 is 18.6 Å². The van der Waals surface area contributed by atoms with Crippen molar-refractivity contribution in [1.82, 2.24) is 5.01 Å². The largest absolute Gasteiger partial charge is 0.457 e. The third kappa shape index (κ3) is 4.88. The summed E-state index contributed by atoms with van der Waals surface area (Å²) in [5.41, 5.74) is 0.883. The molecular formula is C23H17ClN2O7. The minimum Gasteiger partial charge on any atom is -0.457 e. The van der Waals surface area contributed by atoms with Crippen LogP contribution >= 0.6 is 11.6 Å². The van der Waals surface area contributed by atoms with Crippen LogP contribution in [0.4, 0.5) is 0 Å². The predicted octanol–water partition coefficient (Wildman–Crippen LogP) is 4.32. The number of halogens is 1. The van der Waals surface area contributed by atoms with Crippen molar-refractivity contribution >= 4 is 35.3 Å². The number of hydrazone groups is 1. The Balaban J connectivity index is 1.57. The molecule has 1 atom stereocenters. The van der Waals surface area contributed by atoms with E-state index in [-0.39, 0.29) is 29.1 Å². The molecule has 33 heavy (non-hydrogen) atoms. The molecule has 1 amide bonds. The lowest BCUT2D eigenvalue weighted by Crippen LogP contribution is -2.25. The van der Waals surface area contributed by atoms with E-state index < -0.39 is 18.2 Å². The van der Waals surface area contributed by atoms with Gasteiger partial charge >= 0.3 is 11.9 Å². The fourth-order valence-electron chi connectivity index (χ4n) is 3.06. The maximum Gasteiger partial charge on any atom is 0.379 e. The third-order valence-corrected chi connectivity index (χ3v) is 4.73. The third-order valence-electron chi connectivity index (χ3n) is 4.49. The first-order chi connectivity index (χ1) is 15.8. The van der Waals surface area contributed by atoms with E-state index in [2.05, 4.69) is 5.10 Å². The summed E-state index contributed by atoms with van der Waals surface area (Å²) in [7, 11) is 0. The van der Waals surface area contributed by atoms with E-state index in [9.17, 15) is 14.4 Å². The van der Waals surface area contributed by atoms with Gasteiger partial charge in [-0.3, -0.25) is 9.59 Å². The standard InChI is InChI=1S/C23H17ClN2O7/c1-13(27)26-22(15-5-8-17(9-6-15)32-23(29)20-4-3-11-30-20)33-21(25-26)18-12-16(24)7-10-19(18)31-14(2)28/h3-12,22H,1-2H3. The highest BCUT2D eigenvalue weighted by atomic mass is 35.5. The van der Waals surface area contributed by atoms with E-state index in [1.54, 1.807) is 36.4 Å². The number of hydrogen-bond acceptors (Lipinski definition) is 8. The number of ether oxygens (including phenoxy) is 3. The number of esters is 2. The minimum absolute atomic E-state index is 0.0577. The first kappa shape index (κ1) is 22.1. The van der Waals surface area contributed by atoms with Crippen LogP contribution in [0.25, 0.3) is 0 Å². The van der Waals surface area contributed by atoms with Crippen molar-refractivity contribution in [1.29, 1.82) is 0 Å². The number of amides is 1. The van der Waals surface area contributed by atoms with E-state index in [0.717, 1.165) is 5.01 Å². The molecule has 168 valence electrons. The zero-order valence-corrected chi connectivity index (χ0v) is 18.2. The van der Waals surface area contributed by atoms with Gasteiger partial charge in [0.2, 0.25) is 23.8 Å². The molecule has 1 aliphatic heterocycles. The van der Waals surface area contributed by atoms with Gasteiger partial charge in [-0.1, -0.05) is 11.6 Å². The molecule has 4 rings (SSSR count). The summed E-state index contributed by atoms with van der Waals surface area (Å²) in [5, 5.41) is 5.78. The Kier molecular flexibility index (Phi) is 6.14. The maximum atomic E-state index is 12.2. The second kappa shape index (κ2) is 9.17. The second-order valence-electron chi connectivity index (χ2n) is 6.91. The molecule has 0 N–H and O–H groups in total. The quantitative estimate of drug-likeness (QED) is 0.405. The number of nitrogens with zero attached hydrogens (tertiary/aromatic N) is 2. The number of carbonyl (C=O) groups is 3. The lowest BCUT2D eigenvalue weighted by molar-refractivity contribution is -0.135.